The fraction of sp³-hybridized carbons (Fsp3) is 0.697. The van der Waals surface area contributed by atoms with Gasteiger partial charge in [-0.25, -0.2) is 0 Å². The number of carbonyl (C=O) groups excluding carboxylic acids is 10. The Morgan fingerprint density at radius 3 is 1.84 bits per heavy atom. The fourth-order valence-electron chi connectivity index (χ4n) is 12.2. The molecule has 4 rings (SSSR count). The second kappa shape index (κ2) is 34.1. The number of hydrogen-bond donors (Lipinski definition) is 4. The Hall–Kier alpha value is -6.60. The van der Waals surface area contributed by atoms with Crippen LogP contribution in [0.5, 0.6) is 0 Å². The van der Waals surface area contributed by atoms with Crippen molar-refractivity contribution in [1.82, 2.24) is 50.7 Å². The molecule has 20 nitrogen and oxygen atoms in total. The van der Waals surface area contributed by atoms with E-state index >= 15 is 0 Å². The normalized spacial score (nSPS) is 19.5. The number of nitrogens with one attached hydrogen (secondary N) is 4. The van der Waals surface area contributed by atoms with Gasteiger partial charge in [0.1, 0.15) is 48.3 Å². The Bertz CT molecular complexity index is 2530. The van der Waals surface area contributed by atoms with Gasteiger partial charge in [-0.05, 0) is 119 Å². The van der Waals surface area contributed by atoms with Crippen molar-refractivity contribution in [1.29, 1.82) is 0 Å². The van der Waals surface area contributed by atoms with Crippen LogP contribution >= 0.6 is 0 Å². The molecule has 0 bridgehead atoms. The Morgan fingerprint density at radius 2 is 1.26 bits per heavy atom. The molecule has 20 heteroatoms. The van der Waals surface area contributed by atoms with E-state index in [1.807, 2.05) is 59.7 Å². The highest BCUT2D eigenvalue weighted by Crippen LogP contribution is 2.31. The lowest BCUT2D eigenvalue weighted by molar-refractivity contribution is -0.150. The van der Waals surface area contributed by atoms with Gasteiger partial charge < -0.3 is 50.7 Å². The maximum absolute atomic E-state index is 14.7. The highest BCUT2D eigenvalue weighted by Gasteiger charge is 2.43. The summed E-state index contributed by atoms with van der Waals surface area (Å²) in [7, 11) is 5.91. The number of allylic oxidation sites excluding steroid dienone is 3. The first-order valence-corrected chi connectivity index (χ1v) is 31.7. The summed E-state index contributed by atoms with van der Waals surface area (Å²) in [6.45, 7) is 25.7. The number of amides is 10. The number of benzene rings is 1. The lowest BCUT2D eigenvalue weighted by Crippen LogP contribution is -2.60. The third-order valence-electron chi connectivity index (χ3n) is 17.4. The molecule has 2 heterocycles. The average Bonchev–Trinajstić information content (AvgIpc) is 2.75. The van der Waals surface area contributed by atoms with Gasteiger partial charge in [0.05, 0.1) is 6.54 Å². The number of likely N-dealkylation sites (tertiary alicyclic amines) is 2. The van der Waals surface area contributed by atoms with Gasteiger partial charge in [-0.1, -0.05) is 123 Å². The molecule has 3 aliphatic rings. The standard InChI is InChI=1S/C66H106N10O10/c1-17-45(9)58(61(81)68-48(12)63(83)75-33-22-19-23-34-75)74(16)62(82)47(11)67-59(79)54(37-42(4)5)72(14)56(78)40-71(13)64(84)52(39-49-27-20-18-21-28-49)70-60(80)57(43(6)7)73(15)66(86)53-29-25-35-76(53)65(85)51(36-41(2)3)69-55(77)30-24-26-46(10)50-32-31-44(8)38-50/h18,20-21,27-28,31-32,41-45,47-48,50-54,57-58H,10,17,19,22-26,29-30,33-40H2,1-9,11-16H3,(H,67,79)(H,68,81)(H,69,77)(H,70,80)/t44?,45-,47-,48-,50?,51-,52-,53-,54-,57-,58-/m0/s1. The lowest BCUT2D eigenvalue weighted by atomic mass is 9.93. The van der Waals surface area contributed by atoms with E-state index < -0.39 is 102 Å². The molecule has 0 spiro atoms. The van der Waals surface area contributed by atoms with Gasteiger partial charge in [-0.2, -0.15) is 0 Å². The number of carbonyl (C=O) groups is 10. The Morgan fingerprint density at radius 1 is 0.640 bits per heavy atom. The molecule has 0 radical (unpaired) electrons. The van der Waals surface area contributed by atoms with Crippen LogP contribution in [0.3, 0.4) is 0 Å². The number of likely N-dealkylation sites (N-methyl/N-ethyl adjacent to an activating group) is 4. The summed E-state index contributed by atoms with van der Waals surface area (Å²) in [6.07, 6.45) is 11.9. The van der Waals surface area contributed by atoms with Crippen molar-refractivity contribution in [2.45, 2.75) is 208 Å². The molecule has 11 atom stereocenters. The molecule has 2 saturated heterocycles. The van der Waals surface area contributed by atoms with Gasteiger partial charge in [-0.3, -0.25) is 47.9 Å². The predicted molar refractivity (Wildman–Crippen MR) is 334 cm³/mol. The second-order valence-electron chi connectivity index (χ2n) is 26.0. The van der Waals surface area contributed by atoms with E-state index in [2.05, 4.69) is 46.9 Å². The van der Waals surface area contributed by atoms with E-state index in [-0.39, 0.29) is 54.7 Å². The zero-order valence-corrected chi connectivity index (χ0v) is 54.6. The highest BCUT2D eigenvalue weighted by molar-refractivity contribution is 5.98. The zero-order chi connectivity index (χ0) is 64.3. The van der Waals surface area contributed by atoms with Crippen molar-refractivity contribution < 1.29 is 47.9 Å². The number of hydrogen-bond acceptors (Lipinski definition) is 10. The van der Waals surface area contributed by atoms with E-state index in [0.29, 0.717) is 70.0 Å². The zero-order valence-electron chi connectivity index (χ0n) is 54.6. The SMILES string of the molecule is C=C(CCCC(=O)N[C@@H](CC(C)C)C(=O)N1CCC[C@H]1C(=O)N(C)[C@H](C(=O)N[C@@H](Cc1ccccc1)C(=O)N(C)CC(=O)N(C)[C@@H](CC(C)C)C(=O)N[C@@H](C)C(=O)N(C)[C@H](C(=O)N[C@@H](C)C(=O)N1CCCCC1)[C@@H](C)CC)C(C)C)C1C=CC(C)C1. The van der Waals surface area contributed by atoms with Gasteiger partial charge >= 0.3 is 0 Å². The van der Waals surface area contributed by atoms with Crippen molar-refractivity contribution in [3.63, 3.8) is 0 Å². The van der Waals surface area contributed by atoms with Crippen molar-refractivity contribution >= 4 is 59.1 Å². The molecule has 1 aliphatic carbocycles. The first-order chi connectivity index (χ1) is 40.5. The summed E-state index contributed by atoms with van der Waals surface area (Å²) >= 11 is 0. The van der Waals surface area contributed by atoms with Crippen LogP contribution in [0.2, 0.25) is 0 Å². The molecule has 0 saturated carbocycles. The quantitative estimate of drug-likeness (QED) is 0.0644. The topological polar surface area (TPSA) is 238 Å². The van der Waals surface area contributed by atoms with Crippen molar-refractivity contribution in [3.05, 3.63) is 60.2 Å². The van der Waals surface area contributed by atoms with E-state index in [0.717, 1.165) is 36.8 Å². The minimum atomic E-state index is -1.21. The average molecular weight is 1200 g/mol. The maximum Gasteiger partial charge on any atom is 0.245 e. The van der Waals surface area contributed by atoms with Gasteiger partial charge in [-0.15, -0.1) is 0 Å². The van der Waals surface area contributed by atoms with Crippen molar-refractivity contribution in [3.8, 4) is 0 Å². The van der Waals surface area contributed by atoms with Crippen molar-refractivity contribution in [2.75, 3.05) is 54.4 Å². The molecule has 4 N–H and O–H groups in total. The summed E-state index contributed by atoms with van der Waals surface area (Å²) in [5, 5.41) is 11.5. The molecule has 2 unspecified atom stereocenters. The third-order valence-corrected chi connectivity index (χ3v) is 17.4. The molecule has 480 valence electrons. The molecule has 2 fully saturated rings. The van der Waals surface area contributed by atoms with Crippen LogP contribution in [-0.4, -0.2) is 191 Å². The van der Waals surface area contributed by atoms with Crippen LogP contribution in [0.4, 0.5) is 0 Å². The Balaban J connectivity index is 1.46. The van der Waals surface area contributed by atoms with Gasteiger partial charge in [0.2, 0.25) is 59.1 Å². The summed E-state index contributed by atoms with van der Waals surface area (Å²) in [6, 6.07) is 1.08. The van der Waals surface area contributed by atoms with E-state index in [1.165, 1.54) is 59.6 Å². The highest BCUT2D eigenvalue weighted by atomic mass is 16.2. The monoisotopic (exact) mass is 1200 g/mol. The largest absolute Gasteiger partial charge is 0.344 e. The van der Waals surface area contributed by atoms with Gasteiger partial charge in [0.15, 0.2) is 0 Å². The molecule has 1 aromatic carbocycles. The van der Waals surface area contributed by atoms with Crippen LogP contribution in [0.15, 0.2) is 54.6 Å². The summed E-state index contributed by atoms with van der Waals surface area (Å²) in [5.74, 6) is -4.62. The van der Waals surface area contributed by atoms with Crippen LogP contribution in [0.1, 0.15) is 159 Å². The second-order valence-corrected chi connectivity index (χ2v) is 26.0. The van der Waals surface area contributed by atoms with Crippen LogP contribution in [0.25, 0.3) is 0 Å². The molecule has 2 aliphatic heterocycles. The van der Waals surface area contributed by atoms with Crippen LogP contribution in [0, 0.1) is 35.5 Å². The minimum absolute atomic E-state index is 0.0378. The summed E-state index contributed by atoms with van der Waals surface area (Å²) in [5.41, 5.74) is 1.81. The lowest BCUT2D eigenvalue weighted by Gasteiger charge is -2.36. The Kier molecular flexibility index (Phi) is 28.5. The first-order valence-electron chi connectivity index (χ1n) is 31.7. The Labute approximate surface area is 513 Å². The molecule has 86 heavy (non-hydrogen) atoms. The van der Waals surface area contributed by atoms with Crippen LogP contribution < -0.4 is 21.3 Å². The molecular formula is C66H106N10O10. The third kappa shape index (κ3) is 20.5. The first kappa shape index (κ1) is 71.9. The van der Waals surface area contributed by atoms with Gasteiger partial charge in [0.25, 0.3) is 0 Å². The van der Waals surface area contributed by atoms with Gasteiger partial charge in [0, 0.05) is 60.7 Å². The molecule has 10 amide bonds. The van der Waals surface area contributed by atoms with Crippen molar-refractivity contribution in [2.24, 2.45) is 35.5 Å². The predicted octanol–water partition coefficient (Wildman–Crippen LogP) is 5.88. The number of piperidine rings is 1. The van der Waals surface area contributed by atoms with E-state index in [9.17, 15) is 47.9 Å². The summed E-state index contributed by atoms with van der Waals surface area (Å²) in [4.78, 5) is 150. The fourth-order valence-corrected chi connectivity index (χ4v) is 12.2. The van der Waals surface area contributed by atoms with E-state index in [1.54, 1.807) is 37.8 Å². The van der Waals surface area contributed by atoms with Crippen LogP contribution in [-0.2, 0) is 54.4 Å². The molecule has 1 aromatic rings. The summed E-state index contributed by atoms with van der Waals surface area (Å²) < 4.78 is 0. The minimum Gasteiger partial charge on any atom is -0.344 e. The molecular weight excluding hydrogens is 1090 g/mol. The number of rotatable bonds is 31. The maximum atomic E-state index is 14.7. The number of nitrogens with zero attached hydrogens (tertiary/aromatic N) is 6. The smallest absolute Gasteiger partial charge is 0.245 e. The van der Waals surface area contributed by atoms with E-state index in [4.69, 9.17) is 0 Å². The molecule has 0 aromatic heterocycles.